The molecular weight excluding hydrogens is 312 g/mol. The molecule has 5 nitrogen and oxygen atoms in total. The van der Waals surface area contributed by atoms with Crippen molar-refractivity contribution in [1.29, 1.82) is 0 Å². The number of benzene rings is 1. The summed E-state index contributed by atoms with van der Waals surface area (Å²) in [4.78, 5) is 13.6. The predicted octanol–water partition coefficient (Wildman–Crippen LogP) is 3.06. The first-order valence-corrected chi connectivity index (χ1v) is 8.99. The maximum Gasteiger partial charge on any atom is 0.125 e. The summed E-state index contributed by atoms with van der Waals surface area (Å²) in [5, 5.41) is 0. The highest BCUT2D eigenvalue weighted by atomic mass is 16.5. The van der Waals surface area contributed by atoms with Gasteiger partial charge >= 0.3 is 0 Å². The second kappa shape index (κ2) is 7.93. The number of aryl methyl sites for hydroxylation is 1. The van der Waals surface area contributed by atoms with Gasteiger partial charge in [0.25, 0.3) is 0 Å². The van der Waals surface area contributed by atoms with E-state index in [0.29, 0.717) is 6.04 Å². The number of piperazine rings is 1. The van der Waals surface area contributed by atoms with E-state index in [2.05, 4.69) is 64.9 Å². The van der Waals surface area contributed by atoms with E-state index in [1.54, 1.807) is 0 Å². The smallest absolute Gasteiger partial charge is 0.125 e. The zero-order chi connectivity index (χ0) is 17.8. The predicted molar refractivity (Wildman–Crippen MR) is 99.6 cm³/mol. The number of nitrogens with zero attached hydrogens (tertiary/aromatic N) is 4. The topological polar surface area (TPSA) is 41.5 Å². The van der Waals surface area contributed by atoms with Gasteiger partial charge in [-0.25, -0.2) is 9.97 Å². The molecule has 0 N–H and O–H groups in total. The van der Waals surface area contributed by atoms with E-state index in [1.165, 1.54) is 5.56 Å². The highest BCUT2D eigenvalue weighted by molar-refractivity contribution is 5.30. The van der Waals surface area contributed by atoms with Gasteiger partial charge in [-0.05, 0) is 51.6 Å². The third kappa shape index (κ3) is 4.77. The van der Waals surface area contributed by atoms with Crippen molar-refractivity contribution in [1.82, 2.24) is 19.8 Å². The minimum absolute atomic E-state index is 0.204. The van der Waals surface area contributed by atoms with Crippen LogP contribution < -0.4 is 4.74 Å². The van der Waals surface area contributed by atoms with Crippen molar-refractivity contribution in [2.75, 3.05) is 26.7 Å². The van der Waals surface area contributed by atoms with Crippen molar-refractivity contribution in [2.45, 2.75) is 39.5 Å². The standard InChI is InChI=1S/C20H28N4O/c1-15(2)25-19-7-5-17(6-8-19)20-14-24(12-11-23(20)4)13-18-9-10-21-16(3)22-18/h5-10,15,20H,11-14H2,1-4H3/t20-/m0/s1. The maximum absolute atomic E-state index is 5.76. The molecular formula is C20H28N4O. The molecule has 0 aliphatic carbocycles. The number of hydrogen-bond acceptors (Lipinski definition) is 5. The Morgan fingerprint density at radius 3 is 2.60 bits per heavy atom. The molecule has 5 heteroatoms. The Bertz CT molecular complexity index is 686. The first kappa shape index (κ1) is 17.8. The van der Waals surface area contributed by atoms with E-state index in [-0.39, 0.29) is 6.10 Å². The van der Waals surface area contributed by atoms with E-state index in [9.17, 15) is 0 Å². The van der Waals surface area contributed by atoms with Gasteiger partial charge in [0.1, 0.15) is 11.6 Å². The molecule has 0 amide bonds. The van der Waals surface area contributed by atoms with Crippen LogP contribution in [-0.2, 0) is 6.54 Å². The van der Waals surface area contributed by atoms with Gasteiger partial charge in [0.05, 0.1) is 11.8 Å². The average Bonchev–Trinajstić information content (AvgIpc) is 2.57. The van der Waals surface area contributed by atoms with Crippen LogP contribution in [0.1, 0.15) is 37.0 Å². The normalized spacial score (nSPS) is 19.3. The minimum Gasteiger partial charge on any atom is -0.491 e. The highest BCUT2D eigenvalue weighted by Gasteiger charge is 2.26. The van der Waals surface area contributed by atoms with Crippen LogP contribution in [0.15, 0.2) is 36.5 Å². The van der Waals surface area contributed by atoms with Crippen LogP contribution in [0.2, 0.25) is 0 Å². The minimum atomic E-state index is 0.204. The van der Waals surface area contributed by atoms with Crippen LogP contribution in [-0.4, -0.2) is 52.6 Å². The van der Waals surface area contributed by atoms with E-state index in [4.69, 9.17) is 4.74 Å². The van der Waals surface area contributed by atoms with E-state index in [0.717, 1.165) is 43.4 Å². The SMILES string of the molecule is Cc1nccc(CN2CCN(C)[C@H](c3ccc(OC(C)C)cc3)C2)n1. The van der Waals surface area contributed by atoms with Crippen LogP contribution in [0, 0.1) is 6.92 Å². The third-order valence-electron chi connectivity index (χ3n) is 4.59. The number of rotatable bonds is 5. The van der Waals surface area contributed by atoms with Gasteiger partial charge in [0.15, 0.2) is 0 Å². The molecule has 2 heterocycles. The fourth-order valence-corrected chi connectivity index (χ4v) is 3.30. The molecule has 0 radical (unpaired) electrons. The Labute approximate surface area is 150 Å². The van der Waals surface area contributed by atoms with Crippen LogP contribution >= 0.6 is 0 Å². The third-order valence-corrected chi connectivity index (χ3v) is 4.59. The van der Waals surface area contributed by atoms with Crippen molar-refractivity contribution in [3.63, 3.8) is 0 Å². The lowest BCUT2D eigenvalue weighted by Gasteiger charge is -2.39. The van der Waals surface area contributed by atoms with Crippen LogP contribution in [0.3, 0.4) is 0 Å². The van der Waals surface area contributed by atoms with Gasteiger partial charge in [-0.1, -0.05) is 12.1 Å². The molecule has 25 heavy (non-hydrogen) atoms. The van der Waals surface area contributed by atoms with Gasteiger partial charge in [-0.15, -0.1) is 0 Å². The molecule has 1 aromatic heterocycles. The molecule has 0 spiro atoms. The number of ether oxygens (including phenoxy) is 1. The molecule has 1 aliphatic heterocycles. The molecule has 2 aromatic rings. The summed E-state index contributed by atoms with van der Waals surface area (Å²) in [5.74, 6) is 1.77. The molecule has 0 unspecified atom stereocenters. The van der Waals surface area contributed by atoms with Crippen LogP contribution in [0.25, 0.3) is 0 Å². The first-order valence-electron chi connectivity index (χ1n) is 8.99. The molecule has 1 atom stereocenters. The monoisotopic (exact) mass is 340 g/mol. The lowest BCUT2D eigenvalue weighted by molar-refractivity contribution is 0.0895. The molecule has 3 rings (SSSR count). The first-order chi connectivity index (χ1) is 12.0. The fourth-order valence-electron chi connectivity index (χ4n) is 3.30. The Balaban J connectivity index is 1.68. The molecule has 1 aliphatic rings. The molecule has 134 valence electrons. The summed E-state index contributed by atoms with van der Waals surface area (Å²) in [6, 6.07) is 10.9. The number of hydrogen-bond donors (Lipinski definition) is 0. The van der Waals surface area contributed by atoms with Gasteiger partial charge < -0.3 is 4.74 Å². The molecule has 1 fully saturated rings. The van der Waals surface area contributed by atoms with Gasteiger partial charge in [0.2, 0.25) is 0 Å². The summed E-state index contributed by atoms with van der Waals surface area (Å²) < 4.78 is 5.76. The van der Waals surface area contributed by atoms with Crippen molar-refractivity contribution in [3.8, 4) is 5.75 Å². The average molecular weight is 340 g/mol. The largest absolute Gasteiger partial charge is 0.491 e. The van der Waals surface area contributed by atoms with Gasteiger partial charge in [-0.3, -0.25) is 9.80 Å². The van der Waals surface area contributed by atoms with Crippen molar-refractivity contribution in [2.24, 2.45) is 0 Å². The zero-order valence-corrected chi connectivity index (χ0v) is 15.6. The summed E-state index contributed by atoms with van der Waals surface area (Å²) in [6.07, 6.45) is 2.05. The Kier molecular flexibility index (Phi) is 5.66. The van der Waals surface area contributed by atoms with E-state index in [1.807, 2.05) is 19.2 Å². The van der Waals surface area contributed by atoms with Crippen LogP contribution in [0.5, 0.6) is 5.75 Å². The van der Waals surface area contributed by atoms with Crippen LogP contribution in [0.4, 0.5) is 0 Å². The van der Waals surface area contributed by atoms with E-state index < -0.39 is 0 Å². The lowest BCUT2D eigenvalue weighted by atomic mass is 10.0. The summed E-state index contributed by atoms with van der Waals surface area (Å²) in [7, 11) is 2.20. The molecule has 0 bridgehead atoms. The fraction of sp³-hybridized carbons (Fsp3) is 0.500. The Morgan fingerprint density at radius 1 is 1.16 bits per heavy atom. The van der Waals surface area contributed by atoms with Gasteiger partial charge in [0, 0.05) is 38.4 Å². The quantitative estimate of drug-likeness (QED) is 0.837. The number of aromatic nitrogens is 2. The van der Waals surface area contributed by atoms with Gasteiger partial charge in [-0.2, -0.15) is 0 Å². The maximum atomic E-state index is 5.76. The molecule has 1 saturated heterocycles. The summed E-state index contributed by atoms with van der Waals surface area (Å²) in [6.45, 7) is 10.0. The van der Waals surface area contributed by atoms with Crippen molar-refractivity contribution in [3.05, 3.63) is 53.6 Å². The Morgan fingerprint density at radius 2 is 1.92 bits per heavy atom. The van der Waals surface area contributed by atoms with Crippen molar-refractivity contribution >= 4 is 0 Å². The second-order valence-corrected chi connectivity index (χ2v) is 7.06. The highest BCUT2D eigenvalue weighted by Crippen LogP contribution is 2.26. The molecule has 0 saturated carbocycles. The lowest BCUT2D eigenvalue weighted by Crippen LogP contribution is -2.46. The summed E-state index contributed by atoms with van der Waals surface area (Å²) >= 11 is 0. The van der Waals surface area contributed by atoms with E-state index >= 15 is 0 Å². The second-order valence-electron chi connectivity index (χ2n) is 7.06. The Hall–Kier alpha value is -1.98. The molecule has 1 aromatic carbocycles. The number of likely N-dealkylation sites (N-methyl/N-ethyl adjacent to an activating group) is 1. The van der Waals surface area contributed by atoms with Crippen molar-refractivity contribution < 1.29 is 4.74 Å². The summed E-state index contributed by atoms with van der Waals surface area (Å²) in [5.41, 5.74) is 2.43. The zero-order valence-electron chi connectivity index (χ0n) is 15.6.